The molecule has 0 spiro atoms. The predicted molar refractivity (Wildman–Crippen MR) is 72.3 cm³/mol. The highest BCUT2D eigenvalue weighted by molar-refractivity contribution is 5.80. The van der Waals surface area contributed by atoms with Gasteiger partial charge in [-0.3, -0.25) is 0 Å². The lowest BCUT2D eigenvalue weighted by molar-refractivity contribution is 0.374. The fraction of sp³-hybridized carbons (Fsp3) is 0.143. The number of rotatable bonds is 2. The molecule has 2 N–H and O–H groups in total. The molecule has 0 aliphatic rings. The molecule has 0 aliphatic carbocycles. The number of aromatic hydroxyl groups is 1. The molecule has 0 unspecified atom stereocenters. The highest BCUT2D eigenvalue weighted by atomic mass is 16.5. The molecule has 0 atom stereocenters. The fourth-order valence-corrected chi connectivity index (χ4v) is 2.04. The molecule has 0 aliphatic heterocycles. The SMILES string of the molecule is COc1cccc(-c2nc3nccc(C)c3[nH]2)c1O. The van der Waals surface area contributed by atoms with Crippen molar-refractivity contribution in [2.24, 2.45) is 0 Å². The van der Waals surface area contributed by atoms with Crippen molar-refractivity contribution in [1.82, 2.24) is 15.0 Å². The second-order valence-electron chi connectivity index (χ2n) is 4.27. The third-order valence-electron chi connectivity index (χ3n) is 3.07. The van der Waals surface area contributed by atoms with Crippen LogP contribution in [0.3, 0.4) is 0 Å². The van der Waals surface area contributed by atoms with E-state index in [-0.39, 0.29) is 5.75 Å². The highest BCUT2D eigenvalue weighted by Crippen LogP contribution is 2.36. The van der Waals surface area contributed by atoms with E-state index in [1.165, 1.54) is 7.11 Å². The number of hydrogen-bond donors (Lipinski definition) is 2. The number of fused-ring (bicyclic) bond motifs is 1. The van der Waals surface area contributed by atoms with E-state index in [4.69, 9.17) is 4.74 Å². The van der Waals surface area contributed by atoms with E-state index in [0.717, 1.165) is 11.1 Å². The summed E-state index contributed by atoms with van der Waals surface area (Å²) < 4.78 is 5.10. The van der Waals surface area contributed by atoms with Crippen molar-refractivity contribution in [3.63, 3.8) is 0 Å². The molecular formula is C14H13N3O2. The van der Waals surface area contributed by atoms with Gasteiger partial charge in [0.2, 0.25) is 0 Å². The molecule has 0 bridgehead atoms. The van der Waals surface area contributed by atoms with E-state index in [9.17, 15) is 5.11 Å². The number of phenols is 1. The summed E-state index contributed by atoms with van der Waals surface area (Å²) in [4.78, 5) is 11.8. The van der Waals surface area contributed by atoms with Gasteiger partial charge in [-0.2, -0.15) is 0 Å². The lowest BCUT2D eigenvalue weighted by Gasteiger charge is -2.06. The van der Waals surface area contributed by atoms with Crippen molar-refractivity contribution in [2.75, 3.05) is 7.11 Å². The molecule has 2 aromatic heterocycles. The molecule has 0 radical (unpaired) electrons. The van der Waals surface area contributed by atoms with Crippen molar-refractivity contribution in [2.45, 2.75) is 6.92 Å². The van der Waals surface area contributed by atoms with Gasteiger partial charge in [-0.05, 0) is 30.7 Å². The van der Waals surface area contributed by atoms with Gasteiger partial charge in [-0.1, -0.05) is 6.07 Å². The van der Waals surface area contributed by atoms with Gasteiger partial charge in [-0.15, -0.1) is 0 Å². The van der Waals surface area contributed by atoms with Crippen LogP contribution >= 0.6 is 0 Å². The fourth-order valence-electron chi connectivity index (χ4n) is 2.04. The van der Waals surface area contributed by atoms with E-state index in [2.05, 4.69) is 15.0 Å². The van der Waals surface area contributed by atoms with E-state index in [0.29, 0.717) is 22.8 Å². The molecule has 19 heavy (non-hydrogen) atoms. The van der Waals surface area contributed by atoms with Crippen LogP contribution in [0.2, 0.25) is 0 Å². The van der Waals surface area contributed by atoms with Crippen LogP contribution in [0.1, 0.15) is 5.56 Å². The topological polar surface area (TPSA) is 71.0 Å². The van der Waals surface area contributed by atoms with E-state index in [1.807, 2.05) is 13.0 Å². The quantitative estimate of drug-likeness (QED) is 0.738. The largest absolute Gasteiger partial charge is 0.504 e. The number of imidazole rings is 1. The van der Waals surface area contributed by atoms with Gasteiger partial charge in [0.25, 0.3) is 0 Å². The van der Waals surface area contributed by atoms with Crippen molar-refractivity contribution >= 4 is 11.2 Å². The summed E-state index contributed by atoms with van der Waals surface area (Å²) in [5, 5.41) is 10.1. The zero-order valence-electron chi connectivity index (χ0n) is 10.6. The molecule has 3 rings (SSSR count). The van der Waals surface area contributed by atoms with Gasteiger partial charge >= 0.3 is 0 Å². The summed E-state index contributed by atoms with van der Waals surface area (Å²) in [5.74, 6) is 1.07. The summed E-state index contributed by atoms with van der Waals surface area (Å²) in [6, 6.07) is 7.20. The lowest BCUT2D eigenvalue weighted by Crippen LogP contribution is -1.87. The molecule has 0 saturated heterocycles. The van der Waals surface area contributed by atoms with Gasteiger partial charge in [0.05, 0.1) is 18.2 Å². The Morgan fingerprint density at radius 3 is 2.84 bits per heavy atom. The van der Waals surface area contributed by atoms with E-state index < -0.39 is 0 Å². The predicted octanol–water partition coefficient (Wildman–Crippen LogP) is 2.65. The molecular weight excluding hydrogens is 242 g/mol. The molecule has 5 nitrogen and oxygen atoms in total. The van der Waals surface area contributed by atoms with Crippen LogP contribution in [0.25, 0.3) is 22.6 Å². The zero-order chi connectivity index (χ0) is 13.4. The number of phenolic OH excluding ortho intramolecular Hbond substituents is 1. The van der Waals surface area contributed by atoms with Crippen LogP contribution in [0, 0.1) is 6.92 Å². The summed E-state index contributed by atoms with van der Waals surface area (Å²) >= 11 is 0. The van der Waals surface area contributed by atoms with Gasteiger partial charge in [0, 0.05) is 6.20 Å². The molecule has 2 heterocycles. The molecule has 0 saturated carbocycles. The third kappa shape index (κ3) is 1.79. The molecule has 0 amide bonds. The average Bonchev–Trinajstić information content (AvgIpc) is 2.84. The number of para-hydroxylation sites is 1. The number of nitrogens with one attached hydrogen (secondary N) is 1. The highest BCUT2D eigenvalue weighted by Gasteiger charge is 2.14. The number of pyridine rings is 1. The van der Waals surface area contributed by atoms with Gasteiger partial charge in [-0.25, -0.2) is 9.97 Å². The standard InChI is InChI=1S/C14H13N3O2/c1-8-6-7-15-14-11(8)16-13(17-14)9-4-3-5-10(19-2)12(9)18/h3-7,18H,1-2H3,(H,15,16,17). The lowest BCUT2D eigenvalue weighted by atomic mass is 10.2. The Morgan fingerprint density at radius 1 is 1.26 bits per heavy atom. The number of aromatic nitrogens is 3. The van der Waals surface area contributed by atoms with Gasteiger partial charge < -0.3 is 14.8 Å². The van der Waals surface area contributed by atoms with E-state index >= 15 is 0 Å². The van der Waals surface area contributed by atoms with Crippen molar-refractivity contribution in [3.05, 3.63) is 36.0 Å². The number of H-pyrrole nitrogens is 1. The number of nitrogens with zero attached hydrogens (tertiary/aromatic N) is 2. The number of aryl methyl sites for hydroxylation is 1. The zero-order valence-corrected chi connectivity index (χ0v) is 10.6. The molecule has 0 fully saturated rings. The van der Waals surface area contributed by atoms with Gasteiger partial charge in [0.1, 0.15) is 5.82 Å². The minimum Gasteiger partial charge on any atom is -0.504 e. The Kier molecular flexibility index (Phi) is 2.59. The Hall–Kier alpha value is -2.56. The molecule has 96 valence electrons. The summed E-state index contributed by atoms with van der Waals surface area (Å²) in [6.07, 6.45) is 1.72. The maximum Gasteiger partial charge on any atom is 0.178 e. The number of benzene rings is 1. The van der Waals surface area contributed by atoms with Crippen LogP contribution in [-0.2, 0) is 0 Å². The minimum absolute atomic E-state index is 0.0710. The summed E-state index contributed by atoms with van der Waals surface area (Å²) in [7, 11) is 1.52. The number of hydrogen-bond acceptors (Lipinski definition) is 4. The number of aromatic amines is 1. The van der Waals surface area contributed by atoms with Crippen LogP contribution in [-0.4, -0.2) is 27.2 Å². The molecule has 1 aromatic carbocycles. The van der Waals surface area contributed by atoms with Crippen LogP contribution in [0.5, 0.6) is 11.5 Å². The maximum absolute atomic E-state index is 10.1. The number of methoxy groups -OCH3 is 1. The monoisotopic (exact) mass is 255 g/mol. The Labute approximate surface area is 109 Å². The summed E-state index contributed by atoms with van der Waals surface area (Å²) in [5.41, 5.74) is 3.17. The van der Waals surface area contributed by atoms with Crippen molar-refractivity contribution < 1.29 is 9.84 Å². The second-order valence-corrected chi connectivity index (χ2v) is 4.27. The first-order chi connectivity index (χ1) is 9.20. The van der Waals surface area contributed by atoms with Crippen molar-refractivity contribution in [1.29, 1.82) is 0 Å². The number of ether oxygens (including phenoxy) is 1. The normalized spacial score (nSPS) is 10.8. The van der Waals surface area contributed by atoms with Crippen LogP contribution in [0.15, 0.2) is 30.5 Å². The minimum atomic E-state index is 0.0710. The Bertz CT molecular complexity index is 750. The van der Waals surface area contributed by atoms with Gasteiger partial charge in [0.15, 0.2) is 17.1 Å². The van der Waals surface area contributed by atoms with Crippen LogP contribution < -0.4 is 4.74 Å². The molecule has 3 aromatic rings. The van der Waals surface area contributed by atoms with Crippen molar-refractivity contribution in [3.8, 4) is 22.9 Å². The third-order valence-corrected chi connectivity index (χ3v) is 3.07. The maximum atomic E-state index is 10.1. The Balaban J connectivity index is 2.22. The smallest absolute Gasteiger partial charge is 0.178 e. The average molecular weight is 255 g/mol. The van der Waals surface area contributed by atoms with E-state index in [1.54, 1.807) is 24.4 Å². The first kappa shape index (κ1) is 11.5. The Morgan fingerprint density at radius 2 is 2.11 bits per heavy atom. The van der Waals surface area contributed by atoms with Crippen LogP contribution in [0.4, 0.5) is 0 Å². The summed E-state index contributed by atoms with van der Waals surface area (Å²) in [6.45, 7) is 1.98. The second kappa shape index (κ2) is 4.28. The first-order valence-electron chi connectivity index (χ1n) is 5.88. The first-order valence-corrected chi connectivity index (χ1v) is 5.88. The molecule has 5 heteroatoms.